The quantitative estimate of drug-likeness (QED) is 0.378. The number of H-pyrrole nitrogens is 1. The second-order valence-corrected chi connectivity index (χ2v) is 7.65. The molecule has 0 aliphatic heterocycles. The summed E-state index contributed by atoms with van der Waals surface area (Å²) in [7, 11) is 0. The zero-order chi connectivity index (χ0) is 16.4. The van der Waals surface area contributed by atoms with Gasteiger partial charge in [-0.15, -0.1) is 0 Å². The Morgan fingerprint density at radius 3 is 2.41 bits per heavy atom. The van der Waals surface area contributed by atoms with Crippen molar-refractivity contribution in [3.05, 3.63) is 59.3 Å². The van der Waals surface area contributed by atoms with Crippen molar-refractivity contribution < 1.29 is 21.5 Å². The maximum Gasteiger partial charge on any atom is 0.344 e. The predicted octanol–water partition coefficient (Wildman–Crippen LogP) is -0.410. The van der Waals surface area contributed by atoms with Gasteiger partial charge >= 0.3 is 94.4 Å². The van der Waals surface area contributed by atoms with E-state index in [1.54, 1.807) is 24.3 Å². The third-order valence-corrected chi connectivity index (χ3v) is 5.17. The van der Waals surface area contributed by atoms with Gasteiger partial charge in [0.15, 0.2) is 0 Å². The molecule has 0 spiro atoms. The van der Waals surface area contributed by atoms with Crippen molar-refractivity contribution in [3.8, 4) is 0 Å². The summed E-state index contributed by atoms with van der Waals surface area (Å²) in [6.07, 6.45) is 2.98. The first-order valence-electron chi connectivity index (χ1n) is 5.91. The van der Waals surface area contributed by atoms with E-state index in [1.807, 2.05) is 5.48 Å². The van der Waals surface area contributed by atoms with Crippen LogP contribution < -0.4 is 15.5 Å². The summed E-state index contributed by atoms with van der Waals surface area (Å²) in [5, 5.41) is 8.54. The Balaban J connectivity index is 0.000000287. The van der Waals surface area contributed by atoms with Crippen LogP contribution in [0, 0.1) is 0 Å². The van der Waals surface area contributed by atoms with Crippen molar-refractivity contribution in [2.75, 3.05) is 0 Å². The Morgan fingerprint density at radius 1 is 1.32 bits per heavy atom. The standard InChI is InChI=1S/C8H10AsNO5.C4H4N2O/c1-7(11)10-14-9(12,15-13)8-5-3-2-4-6-8;7-4-5-2-1-3-6-4/h2-6,13H,1H3,(H,10,11);1-3H,(H,5,6,7). The van der Waals surface area contributed by atoms with Gasteiger partial charge in [0.05, 0.1) is 0 Å². The van der Waals surface area contributed by atoms with E-state index < -0.39 is 20.1 Å². The third kappa shape index (κ3) is 6.06. The smallest absolute Gasteiger partial charge is 0.313 e. The summed E-state index contributed by atoms with van der Waals surface area (Å²) < 4.78 is 20.5. The van der Waals surface area contributed by atoms with Crippen LogP contribution in [0.2, 0.25) is 0 Å². The fourth-order valence-corrected chi connectivity index (χ4v) is 3.30. The molecule has 1 aromatic heterocycles. The van der Waals surface area contributed by atoms with Crippen LogP contribution in [-0.4, -0.2) is 35.3 Å². The molecule has 22 heavy (non-hydrogen) atoms. The summed E-state index contributed by atoms with van der Waals surface area (Å²) in [4.78, 5) is 26.4. The van der Waals surface area contributed by atoms with Crippen molar-refractivity contribution in [1.82, 2.24) is 15.4 Å². The number of hydrogen-bond acceptors (Lipinski definition) is 7. The summed E-state index contributed by atoms with van der Waals surface area (Å²) in [5.74, 6) is -0.537. The maximum atomic E-state index is 11.8. The Bertz CT molecular complexity index is 673. The van der Waals surface area contributed by atoms with E-state index >= 15 is 0 Å². The first-order valence-corrected chi connectivity index (χ1v) is 9.15. The van der Waals surface area contributed by atoms with Crippen LogP contribution in [0.4, 0.5) is 0 Å². The largest absolute Gasteiger partial charge is 0.344 e. The number of carbonyl (C=O) groups excluding carboxylic acids is 1. The van der Waals surface area contributed by atoms with E-state index in [1.165, 1.54) is 31.5 Å². The summed E-state index contributed by atoms with van der Waals surface area (Å²) >= 11 is -4.55. The fraction of sp³-hybridized carbons (Fsp3) is 0.0833. The van der Waals surface area contributed by atoms with Gasteiger partial charge in [0.1, 0.15) is 0 Å². The zero-order valence-electron chi connectivity index (χ0n) is 11.5. The van der Waals surface area contributed by atoms with Crippen molar-refractivity contribution in [2.24, 2.45) is 0 Å². The number of hydroxylamine groups is 1. The number of amides is 1. The molecular formula is C12H14AsN3O6. The van der Waals surface area contributed by atoms with Gasteiger partial charge in [-0.2, -0.15) is 0 Å². The predicted molar refractivity (Wildman–Crippen MR) is 76.0 cm³/mol. The van der Waals surface area contributed by atoms with Gasteiger partial charge in [0, 0.05) is 12.4 Å². The normalized spacial score (nSPS) is 12.5. The Morgan fingerprint density at radius 2 is 2.00 bits per heavy atom. The van der Waals surface area contributed by atoms with Gasteiger partial charge < -0.3 is 4.98 Å². The molecule has 118 valence electrons. The van der Waals surface area contributed by atoms with Gasteiger partial charge in [0.2, 0.25) is 0 Å². The van der Waals surface area contributed by atoms with E-state index in [9.17, 15) is 13.3 Å². The number of benzene rings is 1. The number of nitrogens with one attached hydrogen (secondary N) is 2. The molecule has 10 heteroatoms. The van der Waals surface area contributed by atoms with Gasteiger partial charge in [0.25, 0.3) is 0 Å². The molecule has 1 aromatic carbocycles. The molecule has 2 aromatic rings. The SMILES string of the molecule is CC(=O)NO[As](=O)(OO)c1ccccc1.O=c1nccc[nH]1. The second-order valence-electron chi connectivity index (χ2n) is 3.75. The van der Waals surface area contributed by atoms with E-state index in [2.05, 4.69) is 17.7 Å². The molecule has 0 aliphatic carbocycles. The molecular weight excluding hydrogens is 357 g/mol. The Hall–Kier alpha value is -2.19. The van der Waals surface area contributed by atoms with E-state index in [4.69, 9.17) is 5.26 Å². The molecule has 0 saturated carbocycles. The van der Waals surface area contributed by atoms with Crippen LogP contribution in [0.15, 0.2) is 53.6 Å². The van der Waals surface area contributed by atoms with E-state index in [0.29, 0.717) is 0 Å². The number of nitrogens with zero attached hydrogens (tertiary/aromatic N) is 1. The zero-order valence-corrected chi connectivity index (χ0v) is 13.4. The van der Waals surface area contributed by atoms with Gasteiger partial charge in [-0.05, 0) is 6.07 Å². The minimum Gasteiger partial charge on any atom is -0.313 e. The topological polar surface area (TPSA) is 131 Å². The van der Waals surface area contributed by atoms with E-state index in [-0.39, 0.29) is 10.0 Å². The monoisotopic (exact) mass is 371 g/mol. The summed E-state index contributed by atoms with van der Waals surface area (Å²) in [5.41, 5.74) is 1.57. The number of rotatable bonds is 4. The fourth-order valence-electron chi connectivity index (χ4n) is 1.16. The molecule has 9 nitrogen and oxygen atoms in total. The Kier molecular flexibility index (Phi) is 7.27. The number of aromatic nitrogens is 2. The average Bonchev–Trinajstić information content (AvgIpc) is 2.55. The molecule has 0 bridgehead atoms. The van der Waals surface area contributed by atoms with Crippen LogP contribution in [0.5, 0.6) is 0 Å². The van der Waals surface area contributed by atoms with Crippen LogP contribution in [-0.2, 0) is 16.2 Å². The average molecular weight is 371 g/mol. The van der Waals surface area contributed by atoms with Crippen LogP contribution >= 0.6 is 0 Å². The molecule has 0 fully saturated rings. The molecule has 1 heterocycles. The second kappa shape index (κ2) is 8.96. The molecule has 3 N–H and O–H groups in total. The summed E-state index contributed by atoms with van der Waals surface area (Å²) in [6.45, 7) is 1.18. The van der Waals surface area contributed by atoms with Gasteiger partial charge in [-0.3, -0.25) is 0 Å². The molecule has 0 radical (unpaired) electrons. The van der Waals surface area contributed by atoms with E-state index in [0.717, 1.165) is 0 Å². The minimum atomic E-state index is -4.55. The van der Waals surface area contributed by atoms with Crippen LogP contribution in [0.1, 0.15) is 6.92 Å². The van der Waals surface area contributed by atoms with Crippen LogP contribution in [0.25, 0.3) is 0 Å². The maximum absolute atomic E-state index is 11.8. The first-order chi connectivity index (χ1) is 10.5. The molecule has 0 aliphatic rings. The number of hydrogen-bond donors (Lipinski definition) is 3. The molecule has 0 saturated heterocycles. The van der Waals surface area contributed by atoms with Crippen molar-refractivity contribution >= 4 is 24.4 Å². The van der Waals surface area contributed by atoms with Crippen LogP contribution in [0.3, 0.4) is 0 Å². The minimum absolute atomic E-state index is 0.201. The molecule has 1 atom stereocenters. The van der Waals surface area contributed by atoms with Gasteiger partial charge in [-0.1, -0.05) is 0 Å². The molecule has 1 unspecified atom stereocenters. The van der Waals surface area contributed by atoms with Crippen molar-refractivity contribution in [2.45, 2.75) is 6.92 Å². The van der Waals surface area contributed by atoms with Crippen molar-refractivity contribution in [3.63, 3.8) is 0 Å². The third-order valence-electron chi connectivity index (χ3n) is 2.07. The first kappa shape index (κ1) is 17.9. The van der Waals surface area contributed by atoms with Crippen molar-refractivity contribution in [1.29, 1.82) is 0 Å². The Labute approximate surface area is 128 Å². The van der Waals surface area contributed by atoms with Gasteiger partial charge in [-0.25, -0.2) is 9.78 Å². The number of carbonyl (C=O) groups is 1. The summed E-state index contributed by atoms with van der Waals surface area (Å²) in [6, 6.07) is 9.52. The number of aromatic amines is 1. The molecule has 2 rings (SSSR count). The molecule has 1 amide bonds.